The van der Waals surface area contributed by atoms with Crippen LogP contribution in [0.4, 0.5) is 0 Å². The van der Waals surface area contributed by atoms with E-state index in [0.717, 1.165) is 6.42 Å². The summed E-state index contributed by atoms with van der Waals surface area (Å²) in [6, 6.07) is 0. The van der Waals surface area contributed by atoms with Gasteiger partial charge in [-0.05, 0) is 18.3 Å². The van der Waals surface area contributed by atoms with Gasteiger partial charge in [-0.15, -0.1) is 0 Å². The molecule has 1 saturated heterocycles. The molecule has 0 radical (unpaired) electrons. The van der Waals surface area contributed by atoms with Crippen molar-refractivity contribution in [3.05, 3.63) is 0 Å². The molecule has 1 aliphatic rings. The molecule has 1 aliphatic heterocycles. The second-order valence-corrected chi connectivity index (χ2v) is 6.82. The predicted molar refractivity (Wildman–Crippen MR) is 65.1 cm³/mol. The molecule has 6 heteroatoms. The zero-order valence-electron chi connectivity index (χ0n) is 9.14. The smallest absolute Gasteiger partial charge is 0.220 e. The average Bonchev–Trinajstić information content (AvgIpc) is 2.07. The van der Waals surface area contributed by atoms with Crippen molar-refractivity contribution in [3.8, 4) is 0 Å². The Morgan fingerprint density at radius 1 is 1.47 bits per heavy atom. The number of hydrogen-bond donors (Lipinski definition) is 1. The summed E-state index contributed by atoms with van der Waals surface area (Å²) in [5, 5.41) is 0. The fraction of sp³-hybridized carbons (Fsp3) is 0.889. The van der Waals surface area contributed by atoms with Crippen LogP contribution in [-0.4, -0.2) is 36.6 Å². The number of hydrogen-bond acceptors (Lipinski definition) is 3. The first-order valence-electron chi connectivity index (χ1n) is 5.09. The van der Waals surface area contributed by atoms with Crippen LogP contribution in [0.5, 0.6) is 0 Å². The van der Waals surface area contributed by atoms with Crippen LogP contribution in [0.1, 0.15) is 20.3 Å². The van der Waals surface area contributed by atoms with Gasteiger partial charge >= 0.3 is 0 Å². The molecule has 0 aromatic rings. The maximum atomic E-state index is 11.8. The van der Waals surface area contributed by atoms with Crippen molar-refractivity contribution in [1.82, 2.24) is 4.31 Å². The van der Waals surface area contributed by atoms with Gasteiger partial charge in [-0.25, -0.2) is 12.7 Å². The monoisotopic (exact) mass is 250 g/mol. The van der Waals surface area contributed by atoms with Crippen LogP contribution < -0.4 is 5.73 Å². The molecular weight excluding hydrogens is 232 g/mol. The van der Waals surface area contributed by atoms with Crippen LogP contribution in [0.15, 0.2) is 0 Å². The van der Waals surface area contributed by atoms with Crippen LogP contribution in [0.3, 0.4) is 0 Å². The van der Waals surface area contributed by atoms with Crippen LogP contribution in [-0.2, 0) is 10.0 Å². The minimum atomic E-state index is -3.27. The van der Waals surface area contributed by atoms with Gasteiger partial charge in [-0.2, -0.15) is 0 Å². The number of piperidine rings is 1. The summed E-state index contributed by atoms with van der Waals surface area (Å²) in [6.07, 6.45) is 0.914. The molecule has 4 nitrogen and oxygen atoms in total. The highest BCUT2D eigenvalue weighted by Crippen LogP contribution is 2.24. The number of thiocarbonyl (C=S) groups is 1. The zero-order valence-corrected chi connectivity index (χ0v) is 10.8. The minimum absolute atomic E-state index is 0.0428. The first-order chi connectivity index (χ1) is 6.83. The highest BCUT2D eigenvalue weighted by atomic mass is 32.2. The van der Waals surface area contributed by atoms with Crippen molar-refractivity contribution >= 4 is 27.2 Å². The minimum Gasteiger partial charge on any atom is -0.392 e. The highest BCUT2D eigenvalue weighted by Gasteiger charge is 2.30. The summed E-state index contributed by atoms with van der Waals surface area (Å²) in [6.45, 7) is 5.41. The van der Waals surface area contributed by atoms with E-state index in [2.05, 4.69) is 26.1 Å². The van der Waals surface area contributed by atoms with Crippen LogP contribution in [0, 0.1) is 11.8 Å². The Balaban J connectivity index is 2.69. The molecule has 1 rings (SSSR count). The summed E-state index contributed by atoms with van der Waals surface area (Å²) in [5.74, 6) is 0.782. The second-order valence-electron chi connectivity index (χ2n) is 4.32. The predicted octanol–water partition coefficient (Wildman–Crippen LogP) is 0.580. The molecule has 0 aromatic carbocycles. The van der Waals surface area contributed by atoms with Crippen LogP contribution in [0.25, 0.3) is 0 Å². The lowest BCUT2D eigenvalue weighted by Crippen LogP contribution is -2.44. The van der Waals surface area contributed by atoms with Gasteiger partial charge in [0.1, 0.15) is 5.75 Å². The third-order valence-electron chi connectivity index (χ3n) is 3.01. The lowest BCUT2D eigenvalue weighted by molar-refractivity contribution is 0.213. The Morgan fingerprint density at radius 3 is 2.53 bits per heavy atom. The fourth-order valence-corrected chi connectivity index (χ4v) is 3.58. The Hall–Kier alpha value is -0.200. The van der Waals surface area contributed by atoms with Gasteiger partial charge in [0.2, 0.25) is 10.0 Å². The van der Waals surface area contributed by atoms with E-state index in [1.165, 1.54) is 4.31 Å². The van der Waals surface area contributed by atoms with Crippen molar-refractivity contribution in [1.29, 1.82) is 0 Å². The molecule has 0 aromatic heterocycles. The standard InChI is InChI=1S/C9H18N2O2S2/c1-7-3-4-11(5-8(7)2)15(12,13)6-9(10)14/h7-8H,3-6H2,1-2H3,(H2,10,14). The fourth-order valence-electron chi connectivity index (χ4n) is 1.75. The average molecular weight is 250 g/mol. The number of nitrogens with zero attached hydrogens (tertiary/aromatic N) is 1. The summed E-state index contributed by atoms with van der Waals surface area (Å²) in [7, 11) is -3.27. The Labute approximate surface area is 96.9 Å². The maximum Gasteiger partial charge on any atom is 0.220 e. The number of rotatable bonds is 3. The summed E-state index contributed by atoms with van der Waals surface area (Å²) >= 11 is 4.64. The molecule has 88 valence electrons. The molecule has 0 spiro atoms. The third kappa shape index (κ3) is 3.39. The van der Waals surface area contributed by atoms with Crippen LogP contribution in [0.2, 0.25) is 0 Å². The van der Waals surface area contributed by atoms with Crippen LogP contribution >= 0.6 is 12.2 Å². The summed E-state index contributed by atoms with van der Waals surface area (Å²) < 4.78 is 25.1. The molecule has 0 aliphatic carbocycles. The van der Waals surface area contributed by atoms with Gasteiger partial charge in [0.05, 0.1) is 4.99 Å². The van der Waals surface area contributed by atoms with E-state index < -0.39 is 10.0 Å². The summed E-state index contributed by atoms with van der Waals surface area (Å²) in [4.78, 5) is 0.0428. The Kier molecular flexibility index (Phi) is 4.08. The van der Waals surface area contributed by atoms with E-state index in [9.17, 15) is 8.42 Å². The second kappa shape index (κ2) is 4.76. The van der Waals surface area contributed by atoms with E-state index in [4.69, 9.17) is 5.73 Å². The largest absolute Gasteiger partial charge is 0.392 e. The van der Waals surface area contributed by atoms with Gasteiger partial charge in [0.15, 0.2) is 0 Å². The lowest BCUT2D eigenvalue weighted by Gasteiger charge is -2.34. The zero-order chi connectivity index (χ0) is 11.6. The molecule has 1 fully saturated rings. The lowest BCUT2D eigenvalue weighted by atomic mass is 9.90. The molecule has 0 saturated carbocycles. The van der Waals surface area contributed by atoms with Gasteiger partial charge in [-0.3, -0.25) is 0 Å². The summed E-state index contributed by atoms with van der Waals surface area (Å²) in [5.41, 5.74) is 5.27. The molecule has 2 unspecified atom stereocenters. The third-order valence-corrected chi connectivity index (χ3v) is 5.14. The van der Waals surface area contributed by atoms with Crippen molar-refractivity contribution in [3.63, 3.8) is 0 Å². The normalized spacial score (nSPS) is 28.9. The van der Waals surface area contributed by atoms with E-state index in [1.807, 2.05) is 0 Å². The molecule has 0 amide bonds. The van der Waals surface area contributed by atoms with Crippen molar-refractivity contribution < 1.29 is 8.42 Å². The molecule has 1 heterocycles. The van der Waals surface area contributed by atoms with Gasteiger partial charge < -0.3 is 5.73 Å². The van der Waals surface area contributed by atoms with Crippen molar-refractivity contribution in [2.24, 2.45) is 17.6 Å². The van der Waals surface area contributed by atoms with Crippen molar-refractivity contribution in [2.45, 2.75) is 20.3 Å². The first kappa shape index (κ1) is 12.9. The van der Waals surface area contributed by atoms with E-state index >= 15 is 0 Å². The van der Waals surface area contributed by atoms with Gasteiger partial charge in [0.25, 0.3) is 0 Å². The van der Waals surface area contributed by atoms with E-state index in [1.54, 1.807) is 0 Å². The topological polar surface area (TPSA) is 63.4 Å². The molecule has 0 bridgehead atoms. The van der Waals surface area contributed by atoms with Gasteiger partial charge in [0, 0.05) is 13.1 Å². The molecular formula is C9H18N2O2S2. The number of nitrogens with two attached hydrogens (primary N) is 1. The SMILES string of the molecule is CC1CCN(S(=O)(=O)CC(N)=S)CC1C. The molecule has 2 atom stereocenters. The van der Waals surface area contributed by atoms with Gasteiger partial charge in [-0.1, -0.05) is 26.1 Å². The molecule has 2 N–H and O–H groups in total. The van der Waals surface area contributed by atoms with E-state index in [0.29, 0.717) is 24.9 Å². The Bertz CT molecular complexity index is 340. The Morgan fingerprint density at radius 2 is 2.07 bits per heavy atom. The quantitative estimate of drug-likeness (QED) is 0.744. The highest BCUT2D eigenvalue weighted by molar-refractivity contribution is 7.92. The van der Waals surface area contributed by atoms with Crippen molar-refractivity contribution in [2.75, 3.05) is 18.8 Å². The van der Waals surface area contributed by atoms with E-state index in [-0.39, 0.29) is 10.7 Å². The molecule has 15 heavy (non-hydrogen) atoms. The maximum absolute atomic E-state index is 11.8. The number of sulfonamides is 1. The first-order valence-corrected chi connectivity index (χ1v) is 7.11.